The van der Waals surface area contributed by atoms with Gasteiger partial charge in [-0.2, -0.15) is 5.26 Å². The quantitative estimate of drug-likeness (QED) is 0.403. The third-order valence-electron chi connectivity index (χ3n) is 2.61. The number of nitriles is 1. The summed E-state index contributed by atoms with van der Waals surface area (Å²) in [5, 5.41) is 28.3. The molecule has 0 saturated carbocycles. The first-order valence-corrected chi connectivity index (χ1v) is 6.52. The van der Waals surface area contributed by atoms with Gasteiger partial charge in [0.05, 0.1) is 4.92 Å². The number of rotatable bonds is 4. The van der Waals surface area contributed by atoms with E-state index >= 15 is 0 Å². The Morgan fingerprint density at radius 2 is 2.14 bits per heavy atom. The number of aliphatic carboxylic acids is 1. The average molecular weight is 300 g/mol. The minimum atomic E-state index is -1.29. The van der Waals surface area contributed by atoms with E-state index in [2.05, 4.69) is 0 Å². The van der Waals surface area contributed by atoms with Crippen LogP contribution in [0.3, 0.4) is 0 Å². The van der Waals surface area contributed by atoms with Crippen molar-refractivity contribution in [3.8, 4) is 16.5 Å². The minimum absolute atomic E-state index is 0.0127. The lowest BCUT2D eigenvalue weighted by Gasteiger charge is -1.97. The summed E-state index contributed by atoms with van der Waals surface area (Å²) >= 11 is 1.25. The molecule has 0 aliphatic rings. The van der Waals surface area contributed by atoms with Gasteiger partial charge in [-0.25, -0.2) is 4.79 Å². The van der Waals surface area contributed by atoms with Crippen LogP contribution in [0.25, 0.3) is 16.5 Å². The molecule has 2 rings (SSSR count). The lowest BCUT2D eigenvalue weighted by atomic mass is 10.1. The van der Waals surface area contributed by atoms with Crippen molar-refractivity contribution in [2.24, 2.45) is 0 Å². The molecule has 7 heteroatoms. The van der Waals surface area contributed by atoms with Crippen LogP contribution in [0.2, 0.25) is 0 Å². The van der Waals surface area contributed by atoms with Crippen LogP contribution < -0.4 is 0 Å². The maximum atomic E-state index is 10.8. The first-order chi connectivity index (χ1) is 10.0. The highest BCUT2D eigenvalue weighted by atomic mass is 32.1. The highest BCUT2D eigenvalue weighted by Gasteiger charge is 2.10. The average Bonchev–Trinajstić information content (AvgIpc) is 2.93. The summed E-state index contributed by atoms with van der Waals surface area (Å²) in [7, 11) is 0. The third kappa shape index (κ3) is 3.32. The molecule has 0 unspecified atom stereocenters. The Bertz CT molecular complexity index is 786. The molecule has 0 amide bonds. The van der Waals surface area contributed by atoms with Gasteiger partial charge in [-0.1, -0.05) is 12.1 Å². The van der Waals surface area contributed by atoms with E-state index in [-0.39, 0.29) is 11.3 Å². The Morgan fingerprint density at radius 3 is 2.76 bits per heavy atom. The molecule has 0 bridgehead atoms. The van der Waals surface area contributed by atoms with E-state index in [4.69, 9.17) is 10.4 Å². The van der Waals surface area contributed by atoms with Crippen molar-refractivity contribution in [1.82, 2.24) is 0 Å². The van der Waals surface area contributed by atoms with Crippen LogP contribution in [0.4, 0.5) is 5.69 Å². The number of non-ortho nitro benzene ring substituents is 1. The summed E-state index contributed by atoms with van der Waals surface area (Å²) in [6, 6.07) is 11.2. The predicted molar refractivity (Wildman–Crippen MR) is 77.6 cm³/mol. The Morgan fingerprint density at radius 1 is 1.38 bits per heavy atom. The smallest absolute Gasteiger partial charge is 0.346 e. The van der Waals surface area contributed by atoms with Gasteiger partial charge in [-0.3, -0.25) is 10.1 Å². The highest BCUT2D eigenvalue weighted by molar-refractivity contribution is 7.16. The second kappa shape index (κ2) is 5.98. The van der Waals surface area contributed by atoms with E-state index in [9.17, 15) is 14.9 Å². The fraction of sp³-hybridized carbons (Fsp3) is 0. The van der Waals surface area contributed by atoms with Gasteiger partial charge in [0.2, 0.25) is 0 Å². The summed E-state index contributed by atoms with van der Waals surface area (Å²) < 4.78 is 0. The fourth-order valence-corrected chi connectivity index (χ4v) is 2.59. The number of nitro groups is 1. The first-order valence-electron chi connectivity index (χ1n) is 5.71. The summed E-state index contributed by atoms with van der Waals surface area (Å²) in [6.07, 6.45) is 1.27. The number of thiophene rings is 1. The predicted octanol–water partition coefficient (Wildman–Crippen LogP) is 3.31. The van der Waals surface area contributed by atoms with Crippen molar-refractivity contribution in [2.45, 2.75) is 0 Å². The zero-order valence-electron chi connectivity index (χ0n) is 10.5. The molecular formula is C14H8N2O4S. The SMILES string of the molecule is N#C/C(=C\c1ccc(-c2cccc([N+](=O)[O-])c2)s1)C(=O)O. The van der Waals surface area contributed by atoms with Crippen molar-refractivity contribution in [3.63, 3.8) is 0 Å². The molecule has 21 heavy (non-hydrogen) atoms. The van der Waals surface area contributed by atoms with Crippen LogP contribution in [-0.4, -0.2) is 16.0 Å². The molecule has 6 nitrogen and oxygen atoms in total. The molecule has 0 atom stereocenters. The summed E-state index contributed by atoms with van der Waals surface area (Å²) in [6.45, 7) is 0. The van der Waals surface area contributed by atoms with Gasteiger partial charge < -0.3 is 5.11 Å². The summed E-state index contributed by atoms with van der Waals surface area (Å²) in [5.41, 5.74) is 0.298. The monoisotopic (exact) mass is 300 g/mol. The molecule has 2 aromatic rings. The van der Waals surface area contributed by atoms with E-state index in [0.29, 0.717) is 10.4 Å². The standard InChI is InChI=1S/C14H8N2O4S/c15-8-10(14(17)18)7-12-4-5-13(21-12)9-2-1-3-11(6-9)16(19)20/h1-7H,(H,17,18)/b10-7+. The Hall–Kier alpha value is -2.98. The second-order valence-electron chi connectivity index (χ2n) is 3.98. The second-order valence-corrected chi connectivity index (χ2v) is 5.10. The van der Waals surface area contributed by atoms with Gasteiger partial charge in [0.25, 0.3) is 5.69 Å². The third-order valence-corrected chi connectivity index (χ3v) is 3.69. The summed E-state index contributed by atoms with van der Waals surface area (Å²) in [5.74, 6) is -1.29. The maximum absolute atomic E-state index is 10.8. The van der Waals surface area contributed by atoms with Gasteiger partial charge in [0, 0.05) is 21.9 Å². The molecule has 1 N–H and O–H groups in total. The molecule has 0 aliphatic carbocycles. The van der Waals surface area contributed by atoms with E-state index in [0.717, 1.165) is 4.88 Å². The van der Waals surface area contributed by atoms with Crippen LogP contribution in [0.1, 0.15) is 4.88 Å². The molecule has 0 radical (unpaired) electrons. The van der Waals surface area contributed by atoms with E-state index in [1.807, 2.05) is 0 Å². The summed E-state index contributed by atoms with van der Waals surface area (Å²) in [4.78, 5) is 22.4. The zero-order chi connectivity index (χ0) is 15.4. The Balaban J connectivity index is 2.37. The number of nitro benzene ring substituents is 1. The van der Waals surface area contributed by atoms with E-state index in [1.165, 1.54) is 29.5 Å². The van der Waals surface area contributed by atoms with Gasteiger partial charge in [-0.15, -0.1) is 11.3 Å². The molecule has 0 saturated heterocycles. The minimum Gasteiger partial charge on any atom is -0.477 e. The lowest BCUT2D eigenvalue weighted by molar-refractivity contribution is -0.384. The number of carboxylic acid groups (broad SMARTS) is 1. The molecule has 0 aliphatic heterocycles. The van der Waals surface area contributed by atoms with Crippen LogP contribution in [-0.2, 0) is 4.79 Å². The van der Waals surface area contributed by atoms with Gasteiger partial charge in [0.15, 0.2) is 0 Å². The Labute approximate surface area is 123 Å². The van der Waals surface area contributed by atoms with Gasteiger partial charge in [-0.05, 0) is 23.8 Å². The fourth-order valence-electron chi connectivity index (χ4n) is 1.64. The molecule has 1 aromatic heterocycles. The van der Waals surface area contributed by atoms with Crippen molar-refractivity contribution in [3.05, 3.63) is 57.0 Å². The molecule has 0 fully saturated rings. The number of hydrogen-bond donors (Lipinski definition) is 1. The first kappa shape index (κ1) is 14.4. The van der Waals surface area contributed by atoms with E-state index < -0.39 is 10.9 Å². The van der Waals surface area contributed by atoms with E-state index in [1.54, 1.807) is 30.3 Å². The molecule has 1 aromatic carbocycles. The van der Waals surface area contributed by atoms with Crippen molar-refractivity contribution < 1.29 is 14.8 Å². The normalized spacial score (nSPS) is 10.9. The molecule has 1 heterocycles. The van der Waals surface area contributed by atoms with Crippen LogP contribution in [0, 0.1) is 21.4 Å². The molecule has 0 spiro atoms. The number of benzene rings is 1. The van der Waals surface area contributed by atoms with Crippen LogP contribution in [0.5, 0.6) is 0 Å². The lowest BCUT2D eigenvalue weighted by Crippen LogP contribution is -1.96. The number of nitrogens with zero attached hydrogens (tertiary/aromatic N) is 2. The molecular weight excluding hydrogens is 292 g/mol. The van der Waals surface area contributed by atoms with Crippen molar-refractivity contribution >= 4 is 29.1 Å². The van der Waals surface area contributed by atoms with Crippen LogP contribution in [0.15, 0.2) is 42.0 Å². The zero-order valence-corrected chi connectivity index (χ0v) is 11.3. The van der Waals surface area contributed by atoms with Gasteiger partial charge >= 0.3 is 5.97 Å². The van der Waals surface area contributed by atoms with Crippen molar-refractivity contribution in [1.29, 1.82) is 5.26 Å². The maximum Gasteiger partial charge on any atom is 0.346 e. The topological polar surface area (TPSA) is 104 Å². The Kier molecular flexibility index (Phi) is 4.11. The van der Waals surface area contributed by atoms with Crippen LogP contribution >= 0.6 is 11.3 Å². The number of carbonyl (C=O) groups is 1. The highest BCUT2D eigenvalue weighted by Crippen LogP contribution is 2.31. The largest absolute Gasteiger partial charge is 0.477 e. The number of hydrogen-bond acceptors (Lipinski definition) is 5. The van der Waals surface area contributed by atoms with Gasteiger partial charge in [0.1, 0.15) is 11.6 Å². The van der Waals surface area contributed by atoms with Crippen molar-refractivity contribution in [2.75, 3.05) is 0 Å². The molecule has 104 valence electrons. The number of carboxylic acids is 1.